The van der Waals surface area contributed by atoms with Crippen LogP contribution in [0.25, 0.3) is 0 Å². The van der Waals surface area contributed by atoms with Gasteiger partial charge in [0.1, 0.15) is 18.2 Å². The van der Waals surface area contributed by atoms with Gasteiger partial charge in [-0.25, -0.2) is 4.39 Å². The number of hydrogen-bond acceptors (Lipinski definition) is 2. The zero-order valence-corrected chi connectivity index (χ0v) is 10.6. The Morgan fingerprint density at radius 2 is 2.24 bits per heavy atom. The van der Waals surface area contributed by atoms with Gasteiger partial charge in [-0.3, -0.25) is 0 Å². The number of benzene rings is 1. The van der Waals surface area contributed by atoms with E-state index in [4.69, 9.17) is 9.47 Å². The summed E-state index contributed by atoms with van der Waals surface area (Å²) in [6.45, 7) is 6.57. The van der Waals surface area contributed by atoms with Crippen LogP contribution in [0.3, 0.4) is 0 Å². The van der Waals surface area contributed by atoms with Crippen molar-refractivity contribution in [3.63, 3.8) is 0 Å². The van der Waals surface area contributed by atoms with Crippen LogP contribution in [-0.2, 0) is 4.74 Å². The third-order valence-electron chi connectivity index (χ3n) is 3.13. The summed E-state index contributed by atoms with van der Waals surface area (Å²) in [4.78, 5) is 0. The number of aryl methyl sites for hydroxylation is 1. The van der Waals surface area contributed by atoms with E-state index in [1.807, 2.05) is 6.92 Å². The van der Waals surface area contributed by atoms with Gasteiger partial charge in [0.05, 0.1) is 11.7 Å². The standard InChI is InChI=1S/C14H19FO2/c1-10-4-5-11(15)8-13(10)16-9-12-6-7-14(2,3)17-12/h4-5,8,12H,6-7,9H2,1-3H3. The van der Waals surface area contributed by atoms with E-state index >= 15 is 0 Å². The van der Waals surface area contributed by atoms with Crippen LogP contribution in [0.4, 0.5) is 4.39 Å². The van der Waals surface area contributed by atoms with E-state index in [2.05, 4.69) is 13.8 Å². The highest BCUT2D eigenvalue weighted by Gasteiger charge is 2.31. The molecular formula is C14H19FO2. The molecule has 1 unspecified atom stereocenters. The molecule has 94 valence electrons. The summed E-state index contributed by atoms with van der Waals surface area (Å²) >= 11 is 0. The fourth-order valence-corrected chi connectivity index (χ4v) is 2.11. The lowest BCUT2D eigenvalue weighted by Gasteiger charge is -2.19. The molecule has 0 bridgehead atoms. The van der Waals surface area contributed by atoms with Crippen LogP contribution in [-0.4, -0.2) is 18.3 Å². The number of rotatable bonds is 3. The number of hydrogen-bond donors (Lipinski definition) is 0. The van der Waals surface area contributed by atoms with Crippen molar-refractivity contribution >= 4 is 0 Å². The van der Waals surface area contributed by atoms with Crippen LogP contribution in [0.5, 0.6) is 5.75 Å². The van der Waals surface area contributed by atoms with E-state index in [9.17, 15) is 4.39 Å². The molecule has 1 atom stereocenters. The summed E-state index contributed by atoms with van der Waals surface area (Å²) in [5.41, 5.74) is 0.897. The fourth-order valence-electron chi connectivity index (χ4n) is 2.11. The van der Waals surface area contributed by atoms with Gasteiger partial charge in [0.25, 0.3) is 0 Å². The van der Waals surface area contributed by atoms with Crippen molar-refractivity contribution in [2.45, 2.75) is 45.3 Å². The average Bonchev–Trinajstić information content (AvgIpc) is 2.60. The molecule has 0 aromatic heterocycles. The Labute approximate surface area is 102 Å². The van der Waals surface area contributed by atoms with Crippen molar-refractivity contribution in [1.29, 1.82) is 0 Å². The van der Waals surface area contributed by atoms with Crippen molar-refractivity contribution in [1.82, 2.24) is 0 Å². The fraction of sp³-hybridized carbons (Fsp3) is 0.571. The Morgan fingerprint density at radius 3 is 2.88 bits per heavy atom. The van der Waals surface area contributed by atoms with E-state index in [1.54, 1.807) is 6.07 Å². The Kier molecular flexibility index (Phi) is 3.38. The Hall–Kier alpha value is -1.09. The summed E-state index contributed by atoms with van der Waals surface area (Å²) in [5.74, 6) is 0.344. The molecule has 0 N–H and O–H groups in total. The monoisotopic (exact) mass is 238 g/mol. The molecule has 1 aliphatic rings. The van der Waals surface area contributed by atoms with Crippen molar-refractivity contribution in [3.8, 4) is 5.75 Å². The van der Waals surface area contributed by atoms with Crippen LogP contribution in [0, 0.1) is 12.7 Å². The molecule has 3 heteroatoms. The normalized spacial score (nSPS) is 22.7. The highest BCUT2D eigenvalue weighted by molar-refractivity contribution is 5.32. The minimum atomic E-state index is -0.265. The van der Waals surface area contributed by atoms with E-state index in [1.165, 1.54) is 12.1 Å². The van der Waals surface area contributed by atoms with Crippen LogP contribution in [0.15, 0.2) is 18.2 Å². The van der Waals surface area contributed by atoms with Gasteiger partial charge in [-0.05, 0) is 45.2 Å². The summed E-state index contributed by atoms with van der Waals surface area (Å²) in [6, 6.07) is 4.59. The third-order valence-corrected chi connectivity index (χ3v) is 3.13. The molecule has 1 fully saturated rings. The minimum absolute atomic E-state index is 0.0506. The van der Waals surface area contributed by atoms with E-state index in [-0.39, 0.29) is 17.5 Å². The molecule has 17 heavy (non-hydrogen) atoms. The maximum absolute atomic E-state index is 13.1. The van der Waals surface area contributed by atoms with E-state index < -0.39 is 0 Å². The maximum Gasteiger partial charge on any atom is 0.126 e. The molecule has 0 amide bonds. The largest absolute Gasteiger partial charge is 0.491 e. The lowest BCUT2D eigenvalue weighted by molar-refractivity contribution is -0.0327. The predicted octanol–water partition coefficient (Wildman–Crippen LogP) is 3.47. The average molecular weight is 238 g/mol. The van der Waals surface area contributed by atoms with Crippen molar-refractivity contribution < 1.29 is 13.9 Å². The molecule has 1 heterocycles. The second-order valence-electron chi connectivity index (χ2n) is 5.26. The Balaban J connectivity index is 1.92. The van der Waals surface area contributed by atoms with E-state index in [0.29, 0.717) is 12.4 Å². The van der Waals surface area contributed by atoms with Crippen molar-refractivity contribution in [3.05, 3.63) is 29.6 Å². The second-order valence-corrected chi connectivity index (χ2v) is 5.26. The lowest BCUT2D eigenvalue weighted by atomic mass is 10.1. The quantitative estimate of drug-likeness (QED) is 0.802. The Bertz CT molecular complexity index is 401. The van der Waals surface area contributed by atoms with Gasteiger partial charge in [0.15, 0.2) is 0 Å². The minimum Gasteiger partial charge on any atom is -0.491 e. The Morgan fingerprint density at radius 1 is 1.47 bits per heavy atom. The summed E-state index contributed by atoms with van der Waals surface area (Å²) < 4.78 is 24.5. The molecular weight excluding hydrogens is 219 g/mol. The first kappa shape index (κ1) is 12.4. The second kappa shape index (κ2) is 4.65. The molecule has 0 spiro atoms. The molecule has 1 aliphatic heterocycles. The van der Waals surface area contributed by atoms with Gasteiger partial charge in [-0.15, -0.1) is 0 Å². The summed E-state index contributed by atoms with van der Waals surface area (Å²) in [5, 5.41) is 0. The molecule has 0 saturated carbocycles. The molecule has 1 aromatic rings. The molecule has 0 aliphatic carbocycles. The SMILES string of the molecule is Cc1ccc(F)cc1OCC1CCC(C)(C)O1. The van der Waals surface area contributed by atoms with Crippen molar-refractivity contribution in [2.75, 3.05) is 6.61 Å². The van der Waals surface area contributed by atoms with Crippen LogP contribution in [0.2, 0.25) is 0 Å². The first-order valence-electron chi connectivity index (χ1n) is 6.03. The van der Waals surface area contributed by atoms with Gasteiger partial charge in [0, 0.05) is 6.07 Å². The molecule has 1 saturated heterocycles. The molecule has 2 nitrogen and oxygen atoms in total. The highest BCUT2D eigenvalue weighted by atomic mass is 19.1. The van der Waals surface area contributed by atoms with Gasteiger partial charge < -0.3 is 9.47 Å². The van der Waals surface area contributed by atoms with Gasteiger partial charge in [-0.2, -0.15) is 0 Å². The zero-order valence-electron chi connectivity index (χ0n) is 10.6. The molecule has 2 rings (SSSR count). The highest BCUT2D eigenvalue weighted by Crippen LogP contribution is 2.30. The predicted molar refractivity (Wildman–Crippen MR) is 64.8 cm³/mol. The molecule has 0 radical (unpaired) electrons. The van der Waals surface area contributed by atoms with Crippen molar-refractivity contribution in [2.24, 2.45) is 0 Å². The van der Waals surface area contributed by atoms with Gasteiger partial charge in [0.2, 0.25) is 0 Å². The topological polar surface area (TPSA) is 18.5 Å². The lowest BCUT2D eigenvalue weighted by Crippen LogP contribution is -2.24. The van der Waals surface area contributed by atoms with Crippen LogP contribution >= 0.6 is 0 Å². The number of halogens is 1. The smallest absolute Gasteiger partial charge is 0.126 e. The molecule has 1 aromatic carbocycles. The van der Waals surface area contributed by atoms with Gasteiger partial charge >= 0.3 is 0 Å². The number of ether oxygens (including phenoxy) is 2. The van der Waals surface area contributed by atoms with Gasteiger partial charge in [-0.1, -0.05) is 6.07 Å². The maximum atomic E-state index is 13.1. The first-order chi connectivity index (χ1) is 7.96. The van der Waals surface area contributed by atoms with Crippen LogP contribution < -0.4 is 4.74 Å². The summed E-state index contributed by atoms with van der Waals surface area (Å²) in [6.07, 6.45) is 2.16. The van der Waals surface area contributed by atoms with Crippen LogP contribution in [0.1, 0.15) is 32.3 Å². The summed E-state index contributed by atoms with van der Waals surface area (Å²) in [7, 11) is 0. The zero-order chi connectivity index (χ0) is 12.5. The third kappa shape index (κ3) is 3.19. The first-order valence-corrected chi connectivity index (χ1v) is 6.03. The van der Waals surface area contributed by atoms with E-state index in [0.717, 1.165) is 18.4 Å².